The molecule has 0 radical (unpaired) electrons. The van der Waals surface area contributed by atoms with Gasteiger partial charge in [0.05, 0.1) is 19.2 Å². The summed E-state index contributed by atoms with van der Waals surface area (Å²) in [6, 6.07) is 10.4. The zero-order valence-electron chi connectivity index (χ0n) is 10.8. The molecular weight excluding hydrogens is 226 g/mol. The maximum atomic E-state index is 5.44. The van der Waals surface area contributed by atoms with Crippen molar-refractivity contribution in [3.8, 4) is 5.75 Å². The smallest absolute Gasteiger partial charge is 0.119 e. The van der Waals surface area contributed by atoms with Crippen LogP contribution in [0.25, 0.3) is 0 Å². The molecule has 0 bridgehead atoms. The van der Waals surface area contributed by atoms with Gasteiger partial charge in [0.2, 0.25) is 0 Å². The van der Waals surface area contributed by atoms with Crippen molar-refractivity contribution in [2.45, 2.75) is 19.5 Å². The van der Waals surface area contributed by atoms with Crippen molar-refractivity contribution in [2.24, 2.45) is 0 Å². The molecule has 0 fully saturated rings. The van der Waals surface area contributed by atoms with E-state index in [9.17, 15) is 0 Å². The van der Waals surface area contributed by atoms with E-state index in [0.29, 0.717) is 6.61 Å². The number of hydrogen-bond acceptors (Lipinski definition) is 3. The number of likely N-dealkylation sites (N-methyl/N-ethyl adjacent to an activating group) is 1. The minimum Gasteiger partial charge on any atom is -0.494 e. The molecule has 1 heterocycles. The van der Waals surface area contributed by atoms with Crippen molar-refractivity contribution in [3.63, 3.8) is 0 Å². The van der Waals surface area contributed by atoms with Gasteiger partial charge in [0.25, 0.3) is 0 Å². The van der Waals surface area contributed by atoms with Crippen molar-refractivity contribution in [1.82, 2.24) is 15.1 Å². The third-order valence-corrected chi connectivity index (χ3v) is 2.87. The van der Waals surface area contributed by atoms with Gasteiger partial charge < -0.3 is 10.1 Å². The van der Waals surface area contributed by atoms with Crippen LogP contribution in [0.3, 0.4) is 0 Å². The van der Waals surface area contributed by atoms with Crippen LogP contribution in [0.1, 0.15) is 18.5 Å². The molecule has 2 aromatic rings. The first-order valence-electron chi connectivity index (χ1n) is 6.21. The van der Waals surface area contributed by atoms with Crippen molar-refractivity contribution in [1.29, 1.82) is 0 Å². The van der Waals surface area contributed by atoms with Crippen LogP contribution in [-0.4, -0.2) is 23.4 Å². The van der Waals surface area contributed by atoms with Gasteiger partial charge in [0.15, 0.2) is 0 Å². The summed E-state index contributed by atoms with van der Waals surface area (Å²) in [4.78, 5) is 0. The molecule has 1 aromatic heterocycles. The number of hydrogen-bond donors (Lipinski definition) is 1. The van der Waals surface area contributed by atoms with Crippen LogP contribution in [0.4, 0.5) is 0 Å². The SMILES string of the molecule is CCOc1ccc(C(Cn2cccn2)NC)cc1. The van der Waals surface area contributed by atoms with Crippen molar-refractivity contribution in [2.75, 3.05) is 13.7 Å². The average Bonchev–Trinajstić information content (AvgIpc) is 2.90. The zero-order chi connectivity index (χ0) is 12.8. The molecule has 2 rings (SSSR count). The highest BCUT2D eigenvalue weighted by molar-refractivity contribution is 5.29. The van der Waals surface area contributed by atoms with E-state index in [0.717, 1.165) is 12.3 Å². The molecule has 96 valence electrons. The first kappa shape index (κ1) is 12.6. The summed E-state index contributed by atoms with van der Waals surface area (Å²) in [7, 11) is 1.96. The lowest BCUT2D eigenvalue weighted by atomic mass is 10.1. The number of aromatic nitrogens is 2. The highest BCUT2D eigenvalue weighted by atomic mass is 16.5. The van der Waals surface area contributed by atoms with E-state index in [1.807, 2.05) is 43.0 Å². The first-order valence-corrected chi connectivity index (χ1v) is 6.21. The lowest BCUT2D eigenvalue weighted by Gasteiger charge is -2.17. The molecule has 0 aliphatic rings. The molecule has 18 heavy (non-hydrogen) atoms. The number of nitrogens with zero attached hydrogens (tertiary/aromatic N) is 2. The molecule has 1 atom stereocenters. The fourth-order valence-electron chi connectivity index (χ4n) is 1.92. The number of benzene rings is 1. The third kappa shape index (κ3) is 3.11. The van der Waals surface area contributed by atoms with Gasteiger partial charge in [-0.2, -0.15) is 5.10 Å². The largest absolute Gasteiger partial charge is 0.494 e. The minimum atomic E-state index is 0.251. The van der Waals surface area contributed by atoms with E-state index < -0.39 is 0 Å². The normalized spacial score (nSPS) is 12.3. The number of ether oxygens (including phenoxy) is 1. The molecule has 0 spiro atoms. The Hall–Kier alpha value is -1.81. The topological polar surface area (TPSA) is 39.1 Å². The summed E-state index contributed by atoms with van der Waals surface area (Å²) < 4.78 is 7.37. The van der Waals surface area contributed by atoms with E-state index in [1.165, 1.54) is 5.56 Å². The van der Waals surface area contributed by atoms with Crippen LogP contribution in [0.2, 0.25) is 0 Å². The van der Waals surface area contributed by atoms with Crippen molar-refractivity contribution in [3.05, 3.63) is 48.3 Å². The maximum absolute atomic E-state index is 5.44. The van der Waals surface area contributed by atoms with Gasteiger partial charge in [0.1, 0.15) is 5.75 Å². The second kappa shape index (κ2) is 6.21. The third-order valence-electron chi connectivity index (χ3n) is 2.87. The molecule has 0 saturated heterocycles. The Morgan fingerprint density at radius 2 is 2.11 bits per heavy atom. The highest BCUT2D eigenvalue weighted by Gasteiger charge is 2.10. The standard InChI is InChI=1S/C14H19N3O/c1-3-18-13-7-5-12(6-8-13)14(15-2)11-17-10-4-9-16-17/h4-10,14-15H,3,11H2,1-2H3. The Bertz CT molecular complexity index is 450. The molecule has 1 N–H and O–H groups in total. The van der Waals surface area contributed by atoms with Crippen LogP contribution >= 0.6 is 0 Å². The fraction of sp³-hybridized carbons (Fsp3) is 0.357. The zero-order valence-corrected chi connectivity index (χ0v) is 10.8. The van der Waals surface area contributed by atoms with E-state index >= 15 is 0 Å². The summed E-state index contributed by atoms with van der Waals surface area (Å²) in [6.45, 7) is 3.50. The van der Waals surface area contributed by atoms with Gasteiger partial charge in [-0.3, -0.25) is 4.68 Å². The predicted octanol–water partition coefficient (Wildman–Crippen LogP) is 2.24. The van der Waals surface area contributed by atoms with Gasteiger partial charge in [0, 0.05) is 12.4 Å². The van der Waals surface area contributed by atoms with Crippen LogP contribution in [0.5, 0.6) is 5.75 Å². The van der Waals surface area contributed by atoms with Gasteiger partial charge >= 0.3 is 0 Å². The summed E-state index contributed by atoms with van der Waals surface area (Å²) in [6.07, 6.45) is 3.77. The predicted molar refractivity (Wildman–Crippen MR) is 71.6 cm³/mol. The van der Waals surface area contributed by atoms with Crippen LogP contribution in [-0.2, 0) is 6.54 Å². The van der Waals surface area contributed by atoms with Crippen LogP contribution < -0.4 is 10.1 Å². The lowest BCUT2D eigenvalue weighted by molar-refractivity contribution is 0.340. The second-order valence-electron chi connectivity index (χ2n) is 4.07. The molecule has 1 aromatic carbocycles. The molecule has 0 saturated carbocycles. The van der Waals surface area contributed by atoms with Gasteiger partial charge in [-0.15, -0.1) is 0 Å². The van der Waals surface area contributed by atoms with E-state index in [4.69, 9.17) is 4.74 Å². The lowest BCUT2D eigenvalue weighted by Crippen LogP contribution is -2.22. The minimum absolute atomic E-state index is 0.251. The highest BCUT2D eigenvalue weighted by Crippen LogP contribution is 2.18. The second-order valence-corrected chi connectivity index (χ2v) is 4.07. The average molecular weight is 245 g/mol. The van der Waals surface area contributed by atoms with Gasteiger partial charge in [-0.1, -0.05) is 12.1 Å². The quantitative estimate of drug-likeness (QED) is 0.848. The Labute approximate surface area is 108 Å². The monoisotopic (exact) mass is 245 g/mol. The van der Waals surface area contributed by atoms with Crippen molar-refractivity contribution < 1.29 is 4.74 Å². The van der Waals surface area contributed by atoms with Crippen LogP contribution in [0, 0.1) is 0 Å². The van der Waals surface area contributed by atoms with Gasteiger partial charge in [-0.25, -0.2) is 0 Å². The first-order chi connectivity index (χ1) is 8.83. The summed E-state index contributed by atoms with van der Waals surface area (Å²) in [5, 5.41) is 7.53. The molecule has 1 unspecified atom stereocenters. The fourth-order valence-corrected chi connectivity index (χ4v) is 1.92. The molecule has 4 nitrogen and oxygen atoms in total. The van der Waals surface area contributed by atoms with Crippen molar-refractivity contribution >= 4 is 0 Å². The Kier molecular flexibility index (Phi) is 4.36. The van der Waals surface area contributed by atoms with E-state index in [-0.39, 0.29) is 6.04 Å². The molecular formula is C14H19N3O. The van der Waals surface area contributed by atoms with Crippen LogP contribution in [0.15, 0.2) is 42.7 Å². The Balaban J connectivity index is 2.07. The van der Waals surface area contributed by atoms with E-state index in [1.54, 1.807) is 6.20 Å². The Morgan fingerprint density at radius 3 is 2.67 bits per heavy atom. The summed E-state index contributed by atoms with van der Waals surface area (Å²) >= 11 is 0. The molecule has 0 amide bonds. The molecule has 0 aliphatic heterocycles. The summed E-state index contributed by atoms with van der Waals surface area (Å²) in [5.74, 6) is 0.912. The Morgan fingerprint density at radius 1 is 1.33 bits per heavy atom. The van der Waals surface area contributed by atoms with E-state index in [2.05, 4.69) is 22.5 Å². The molecule has 0 aliphatic carbocycles. The van der Waals surface area contributed by atoms with Gasteiger partial charge in [-0.05, 0) is 37.7 Å². The number of rotatable bonds is 6. The summed E-state index contributed by atoms with van der Waals surface area (Å²) in [5.41, 5.74) is 1.23. The maximum Gasteiger partial charge on any atom is 0.119 e. The number of nitrogens with one attached hydrogen (secondary N) is 1. The molecule has 4 heteroatoms.